The Kier molecular flexibility index (Phi) is 3.70. The number of aryl methyl sites for hydroxylation is 1. The van der Waals surface area contributed by atoms with E-state index in [1.54, 1.807) is 29.5 Å². The maximum atomic E-state index is 12.4. The molecular weight excluding hydrogens is 366 g/mol. The highest BCUT2D eigenvalue weighted by atomic mass is 79.9. The van der Waals surface area contributed by atoms with Crippen molar-refractivity contribution in [2.75, 3.05) is 5.73 Å². The Hall–Kier alpha value is -0.650. The number of anilines is 1. The van der Waals surface area contributed by atoms with E-state index in [1.807, 2.05) is 13.0 Å². The standard InChI is InChI=1S/C12H9Br2NOS/c1-6-8(5-11(14)17-6)12(16)9-4-7(15)2-3-10(9)13/h2-5H,15H2,1H3. The summed E-state index contributed by atoms with van der Waals surface area (Å²) in [4.78, 5) is 13.4. The van der Waals surface area contributed by atoms with Gasteiger partial charge in [0.15, 0.2) is 5.78 Å². The molecule has 17 heavy (non-hydrogen) atoms. The summed E-state index contributed by atoms with van der Waals surface area (Å²) in [5.41, 5.74) is 7.61. The molecule has 0 saturated carbocycles. The van der Waals surface area contributed by atoms with E-state index in [0.717, 1.165) is 13.1 Å². The third-order valence-electron chi connectivity index (χ3n) is 2.37. The number of carbonyl (C=O) groups excluding carboxylic acids is 1. The van der Waals surface area contributed by atoms with Crippen molar-refractivity contribution < 1.29 is 4.79 Å². The minimum absolute atomic E-state index is 0.0105. The van der Waals surface area contributed by atoms with Crippen LogP contribution in [0.4, 0.5) is 5.69 Å². The molecule has 88 valence electrons. The molecule has 1 heterocycles. The van der Waals surface area contributed by atoms with Crippen molar-refractivity contribution in [1.29, 1.82) is 0 Å². The number of carbonyl (C=O) groups is 1. The van der Waals surface area contributed by atoms with E-state index < -0.39 is 0 Å². The number of hydrogen-bond acceptors (Lipinski definition) is 3. The Labute approximate surface area is 120 Å². The van der Waals surface area contributed by atoms with Gasteiger partial charge in [0, 0.05) is 26.2 Å². The maximum Gasteiger partial charge on any atom is 0.195 e. The van der Waals surface area contributed by atoms with Crippen LogP contribution in [0, 0.1) is 6.92 Å². The Balaban J connectivity index is 2.50. The molecule has 1 aromatic carbocycles. The molecule has 0 fully saturated rings. The summed E-state index contributed by atoms with van der Waals surface area (Å²) in [6.45, 7) is 1.93. The molecule has 0 bridgehead atoms. The number of rotatable bonds is 2. The molecule has 1 aromatic heterocycles. The zero-order valence-electron chi connectivity index (χ0n) is 8.96. The van der Waals surface area contributed by atoms with E-state index in [4.69, 9.17) is 5.73 Å². The fourth-order valence-electron chi connectivity index (χ4n) is 1.53. The zero-order chi connectivity index (χ0) is 12.6. The van der Waals surface area contributed by atoms with Gasteiger partial charge in [-0.25, -0.2) is 0 Å². The van der Waals surface area contributed by atoms with Crippen LogP contribution < -0.4 is 5.73 Å². The Morgan fingerprint density at radius 3 is 2.53 bits per heavy atom. The summed E-state index contributed by atoms with van der Waals surface area (Å²) >= 11 is 8.31. The molecule has 0 amide bonds. The minimum atomic E-state index is -0.0105. The van der Waals surface area contributed by atoms with E-state index in [9.17, 15) is 4.79 Å². The smallest absolute Gasteiger partial charge is 0.195 e. The quantitative estimate of drug-likeness (QED) is 0.625. The lowest BCUT2D eigenvalue weighted by Gasteiger charge is -2.04. The molecular formula is C12H9Br2NOS. The van der Waals surface area contributed by atoms with Gasteiger partial charge in [-0.2, -0.15) is 0 Å². The number of benzene rings is 1. The molecule has 0 spiro atoms. The monoisotopic (exact) mass is 373 g/mol. The van der Waals surface area contributed by atoms with Gasteiger partial charge in [0.25, 0.3) is 0 Å². The molecule has 2 aromatic rings. The topological polar surface area (TPSA) is 43.1 Å². The fourth-order valence-corrected chi connectivity index (χ4v) is 3.65. The maximum absolute atomic E-state index is 12.4. The van der Waals surface area contributed by atoms with Crippen molar-refractivity contribution in [3.8, 4) is 0 Å². The van der Waals surface area contributed by atoms with Crippen LogP contribution in [0.3, 0.4) is 0 Å². The second-order valence-electron chi connectivity index (χ2n) is 3.59. The first-order chi connectivity index (χ1) is 7.99. The summed E-state index contributed by atoms with van der Waals surface area (Å²) in [6.07, 6.45) is 0. The molecule has 2 N–H and O–H groups in total. The molecule has 5 heteroatoms. The Morgan fingerprint density at radius 2 is 1.94 bits per heavy atom. The first kappa shape index (κ1) is 12.8. The SMILES string of the molecule is Cc1sc(Br)cc1C(=O)c1cc(N)ccc1Br. The second kappa shape index (κ2) is 4.92. The van der Waals surface area contributed by atoms with Gasteiger partial charge in [0.05, 0.1) is 3.79 Å². The van der Waals surface area contributed by atoms with E-state index in [2.05, 4.69) is 31.9 Å². The van der Waals surface area contributed by atoms with Gasteiger partial charge in [-0.15, -0.1) is 11.3 Å². The lowest BCUT2D eigenvalue weighted by Crippen LogP contribution is -2.03. The molecule has 2 rings (SSSR count). The predicted octanol–water partition coefficient (Wildman–Crippen LogP) is 4.39. The molecule has 0 radical (unpaired) electrons. The molecule has 0 aliphatic carbocycles. The van der Waals surface area contributed by atoms with Crippen molar-refractivity contribution in [1.82, 2.24) is 0 Å². The first-order valence-electron chi connectivity index (χ1n) is 4.84. The highest BCUT2D eigenvalue weighted by molar-refractivity contribution is 9.11. The van der Waals surface area contributed by atoms with Gasteiger partial charge in [-0.05, 0) is 47.1 Å². The molecule has 0 aliphatic heterocycles. The van der Waals surface area contributed by atoms with Crippen LogP contribution in [-0.2, 0) is 0 Å². The molecule has 0 unspecified atom stereocenters. The first-order valence-corrected chi connectivity index (χ1v) is 7.25. The normalized spacial score (nSPS) is 10.5. The number of halogens is 2. The minimum Gasteiger partial charge on any atom is -0.399 e. The van der Waals surface area contributed by atoms with Crippen molar-refractivity contribution in [3.05, 3.63) is 48.5 Å². The van der Waals surface area contributed by atoms with Gasteiger partial charge in [0.1, 0.15) is 0 Å². The Morgan fingerprint density at radius 1 is 1.24 bits per heavy atom. The van der Waals surface area contributed by atoms with Crippen LogP contribution in [0.15, 0.2) is 32.5 Å². The van der Waals surface area contributed by atoms with Crippen LogP contribution in [0.5, 0.6) is 0 Å². The lowest BCUT2D eigenvalue weighted by atomic mass is 10.0. The number of nitrogen functional groups attached to an aromatic ring is 1. The molecule has 0 saturated heterocycles. The summed E-state index contributed by atoms with van der Waals surface area (Å²) in [6, 6.07) is 7.09. The van der Waals surface area contributed by atoms with Crippen LogP contribution in [-0.4, -0.2) is 5.78 Å². The average Bonchev–Trinajstić information content (AvgIpc) is 2.60. The zero-order valence-corrected chi connectivity index (χ0v) is 12.9. The average molecular weight is 375 g/mol. The van der Waals surface area contributed by atoms with Gasteiger partial charge in [0.2, 0.25) is 0 Å². The summed E-state index contributed by atoms with van der Waals surface area (Å²) < 4.78 is 1.72. The third kappa shape index (κ3) is 2.61. The second-order valence-corrected chi connectivity index (χ2v) is 7.08. The summed E-state index contributed by atoms with van der Waals surface area (Å²) in [5.74, 6) is -0.0105. The van der Waals surface area contributed by atoms with E-state index in [0.29, 0.717) is 16.8 Å². The van der Waals surface area contributed by atoms with Crippen molar-refractivity contribution in [2.24, 2.45) is 0 Å². The number of thiophene rings is 1. The number of ketones is 1. The van der Waals surface area contributed by atoms with Crippen molar-refractivity contribution >= 4 is 54.7 Å². The van der Waals surface area contributed by atoms with Crippen LogP contribution >= 0.6 is 43.2 Å². The van der Waals surface area contributed by atoms with E-state index in [-0.39, 0.29) is 5.78 Å². The van der Waals surface area contributed by atoms with Gasteiger partial charge in [-0.1, -0.05) is 15.9 Å². The Bertz CT molecular complexity index is 592. The van der Waals surface area contributed by atoms with E-state index >= 15 is 0 Å². The molecule has 0 aliphatic rings. The van der Waals surface area contributed by atoms with Gasteiger partial charge in [-0.3, -0.25) is 4.79 Å². The molecule has 2 nitrogen and oxygen atoms in total. The summed E-state index contributed by atoms with van der Waals surface area (Å²) in [7, 11) is 0. The predicted molar refractivity (Wildman–Crippen MR) is 78.7 cm³/mol. The molecule has 0 atom stereocenters. The highest BCUT2D eigenvalue weighted by Crippen LogP contribution is 2.30. The summed E-state index contributed by atoms with van der Waals surface area (Å²) in [5, 5.41) is 0. The van der Waals surface area contributed by atoms with Gasteiger partial charge >= 0.3 is 0 Å². The number of hydrogen-bond donors (Lipinski definition) is 1. The van der Waals surface area contributed by atoms with Crippen LogP contribution in [0.1, 0.15) is 20.8 Å². The van der Waals surface area contributed by atoms with Crippen LogP contribution in [0.2, 0.25) is 0 Å². The highest BCUT2D eigenvalue weighted by Gasteiger charge is 2.17. The van der Waals surface area contributed by atoms with E-state index in [1.165, 1.54) is 0 Å². The number of nitrogens with two attached hydrogens (primary N) is 1. The van der Waals surface area contributed by atoms with Gasteiger partial charge < -0.3 is 5.73 Å². The van der Waals surface area contributed by atoms with Crippen LogP contribution in [0.25, 0.3) is 0 Å². The largest absolute Gasteiger partial charge is 0.399 e. The van der Waals surface area contributed by atoms with Crippen molar-refractivity contribution in [3.63, 3.8) is 0 Å². The third-order valence-corrected chi connectivity index (χ3v) is 4.61. The van der Waals surface area contributed by atoms with Crippen molar-refractivity contribution in [2.45, 2.75) is 6.92 Å². The fraction of sp³-hybridized carbons (Fsp3) is 0.0833. The lowest BCUT2D eigenvalue weighted by molar-refractivity contribution is 0.103.